The topological polar surface area (TPSA) is 55.6 Å². The highest BCUT2D eigenvalue weighted by molar-refractivity contribution is 5.81. The summed E-state index contributed by atoms with van der Waals surface area (Å²) in [7, 11) is 1.80. The van der Waals surface area contributed by atoms with Crippen molar-refractivity contribution in [1.29, 1.82) is 0 Å². The van der Waals surface area contributed by atoms with Gasteiger partial charge in [-0.1, -0.05) is 31.9 Å². The lowest BCUT2D eigenvalue weighted by Crippen LogP contribution is -2.41. The largest absolute Gasteiger partial charge is 0.494 e. The molecule has 0 aliphatic heterocycles. The van der Waals surface area contributed by atoms with Crippen LogP contribution < -0.4 is 10.5 Å². The normalized spacial score (nSPS) is 12.0. The Kier molecular flexibility index (Phi) is 7.09. The third kappa shape index (κ3) is 5.21. The standard InChI is InChI=1S/C16H26N2O2/c1-4-6-7-15(17)16(19)18(3)12-13-8-10-14(11-9-13)20-5-2/h8-11,15H,4-7,12,17H2,1-3H3. The van der Waals surface area contributed by atoms with Crippen LogP contribution in [-0.2, 0) is 11.3 Å². The minimum absolute atomic E-state index is 0.00679. The number of carbonyl (C=O) groups excluding carboxylic acids is 1. The molecule has 0 fully saturated rings. The Hall–Kier alpha value is -1.55. The third-order valence-electron chi connectivity index (χ3n) is 3.22. The van der Waals surface area contributed by atoms with Crippen molar-refractivity contribution < 1.29 is 9.53 Å². The molecule has 0 heterocycles. The molecule has 4 nitrogen and oxygen atoms in total. The molecule has 0 aliphatic rings. The van der Waals surface area contributed by atoms with Crippen molar-refractivity contribution in [3.63, 3.8) is 0 Å². The van der Waals surface area contributed by atoms with Crippen LogP contribution in [-0.4, -0.2) is 30.5 Å². The van der Waals surface area contributed by atoms with Gasteiger partial charge >= 0.3 is 0 Å². The van der Waals surface area contributed by atoms with Crippen LogP contribution in [0.1, 0.15) is 38.7 Å². The van der Waals surface area contributed by atoms with Crippen molar-refractivity contribution in [1.82, 2.24) is 4.90 Å². The molecule has 0 bridgehead atoms. The molecule has 0 saturated carbocycles. The molecule has 0 aromatic heterocycles. The minimum atomic E-state index is -0.386. The summed E-state index contributed by atoms with van der Waals surface area (Å²) in [5.41, 5.74) is 6.99. The summed E-state index contributed by atoms with van der Waals surface area (Å²) in [6.07, 6.45) is 2.80. The highest BCUT2D eigenvalue weighted by Gasteiger charge is 2.17. The van der Waals surface area contributed by atoms with Crippen LogP contribution in [0.4, 0.5) is 0 Å². The maximum Gasteiger partial charge on any atom is 0.239 e. The van der Waals surface area contributed by atoms with Crippen molar-refractivity contribution in [3.8, 4) is 5.75 Å². The average molecular weight is 278 g/mol. The van der Waals surface area contributed by atoms with E-state index in [9.17, 15) is 4.79 Å². The summed E-state index contributed by atoms with van der Waals surface area (Å²) in [6, 6.07) is 7.42. The smallest absolute Gasteiger partial charge is 0.239 e. The van der Waals surface area contributed by atoms with Crippen LogP contribution in [0, 0.1) is 0 Å². The van der Waals surface area contributed by atoms with Gasteiger partial charge in [0.25, 0.3) is 0 Å². The fraction of sp³-hybridized carbons (Fsp3) is 0.562. The van der Waals surface area contributed by atoms with Crippen LogP contribution in [0.3, 0.4) is 0 Å². The molecular formula is C16H26N2O2. The van der Waals surface area contributed by atoms with Gasteiger partial charge in [0.1, 0.15) is 5.75 Å². The molecule has 2 N–H and O–H groups in total. The summed E-state index contributed by atoms with van der Waals surface area (Å²) in [5.74, 6) is 0.859. The van der Waals surface area contributed by atoms with Gasteiger partial charge in [-0.15, -0.1) is 0 Å². The maximum absolute atomic E-state index is 12.1. The number of hydrogen-bond donors (Lipinski definition) is 1. The monoisotopic (exact) mass is 278 g/mol. The van der Waals surface area contributed by atoms with Gasteiger partial charge in [-0.2, -0.15) is 0 Å². The quantitative estimate of drug-likeness (QED) is 0.795. The van der Waals surface area contributed by atoms with E-state index in [2.05, 4.69) is 6.92 Å². The summed E-state index contributed by atoms with van der Waals surface area (Å²) in [5, 5.41) is 0. The summed E-state index contributed by atoms with van der Waals surface area (Å²) >= 11 is 0. The Morgan fingerprint density at radius 2 is 1.95 bits per heavy atom. The first-order valence-electron chi connectivity index (χ1n) is 7.30. The van der Waals surface area contributed by atoms with E-state index < -0.39 is 0 Å². The molecule has 0 radical (unpaired) electrons. The number of likely N-dealkylation sites (N-methyl/N-ethyl adjacent to an activating group) is 1. The average Bonchev–Trinajstić information content (AvgIpc) is 2.46. The first kappa shape index (κ1) is 16.5. The predicted molar refractivity (Wildman–Crippen MR) is 81.6 cm³/mol. The maximum atomic E-state index is 12.1. The summed E-state index contributed by atoms with van der Waals surface area (Å²) in [4.78, 5) is 13.8. The third-order valence-corrected chi connectivity index (χ3v) is 3.22. The van der Waals surface area contributed by atoms with E-state index in [0.29, 0.717) is 13.2 Å². The van der Waals surface area contributed by atoms with Crippen molar-refractivity contribution >= 4 is 5.91 Å². The highest BCUT2D eigenvalue weighted by Crippen LogP contribution is 2.13. The van der Waals surface area contributed by atoms with Crippen LogP contribution >= 0.6 is 0 Å². The fourth-order valence-corrected chi connectivity index (χ4v) is 2.04. The Labute approximate surface area is 121 Å². The van der Waals surface area contributed by atoms with Crippen molar-refractivity contribution in [2.45, 2.75) is 45.7 Å². The summed E-state index contributed by atoms with van der Waals surface area (Å²) < 4.78 is 5.40. The predicted octanol–water partition coefficient (Wildman–Crippen LogP) is 2.56. The van der Waals surface area contributed by atoms with Crippen molar-refractivity contribution in [2.75, 3.05) is 13.7 Å². The molecular weight excluding hydrogens is 252 g/mol. The Balaban J connectivity index is 2.52. The number of nitrogens with two attached hydrogens (primary N) is 1. The fourth-order valence-electron chi connectivity index (χ4n) is 2.04. The van der Waals surface area contributed by atoms with E-state index in [-0.39, 0.29) is 11.9 Å². The zero-order chi connectivity index (χ0) is 15.0. The molecule has 20 heavy (non-hydrogen) atoms. The molecule has 112 valence electrons. The van der Waals surface area contributed by atoms with Crippen molar-refractivity contribution in [3.05, 3.63) is 29.8 Å². The number of rotatable bonds is 8. The number of benzene rings is 1. The van der Waals surface area contributed by atoms with E-state index in [1.165, 1.54) is 0 Å². The lowest BCUT2D eigenvalue weighted by Gasteiger charge is -2.21. The van der Waals surface area contributed by atoms with Gasteiger partial charge in [0.05, 0.1) is 12.6 Å². The summed E-state index contributed by atoms with van der Waals surface area (Å²) in [6.45, 7) is 5.29. The Morgan fingerprint density at radius 1 is 1.30 bits per heavy atom. The molecule has 0 saturated heterocycles. The van der Waals surface area contributed by atoms with Gasteiger partial charge in [-0.25, -0.2) is 0 Å². The minimum Gasteiger partial charge on any atom is -0.494 e. The molecule has 1 unspecified atom stereocenters. The van der Waals surface area contributed by atoms with Gasteiger partial charge in [-0.3, -0.25) is 4.79 Å². The molecule has 4 heteroatoms. The van der Waals surface area contributed by atoms with Crippen molar-refractivity contribution in [2.24, 2.45) is 5.73 Å². The van der Waals surface area contributed by atoms with Gasteiger partial charge < -0.3 is 15.4 Å². The molecule has 1 rings (SSSR count). The number of hydrogen-bond acceptors (Lipinski definition) is 3. The number of ether oxygens (including phenoxy) is 1. The zero-order valence-corrected chi connectivity index (χ0v) is 12.8. The molecule has 1 amide bonds. The van der Waals surface area contributed by atoms with E-state index in [0.717, 1.165) is 30.6 Å². The van der Waals surface area contributed by atoms with Gasteiger partial charge in [0, 0.05) is 13.6 Å². The number of amides is 1. The van der Waals surface area contributed by atoms with Gasteiger partial charge in [0.15, 0.2) is 0 Å². The second kappa shape index (κ2) is 8.59. The first-order valence-corrected chi connectivity index (χ1v) is 7.30. The second-order valence-corrected chi connectivity index (χ2v) is 5.02. The van der Waals surface area contributed by atoms with E-state index in [1.807, 2.05) is 31.2 Å². The molecule has 1 aromatic rings. The van der Waals surface area contributed by atoms with E-state index in [1.54, 1.807) is 11.9 Å². The van der Waals surface area contributed by atoms with Crippen LogP contribution in [0.25, 0.3) is 0 Å². The van der Waals surface area contributed by atoms with Crippen LogP contribution in [0.15, 0.2) is 24.3 Å². The van der Waals surface area contributed by atoms with Crippen LogP contribution in [0.2, 0.25) is 0 Å². The number of nitrogens with zero attached hydrogens (tertiary/aromatic N) is 1. The van der Waals surface area contributed by atoms with Gasteiger partial charge in [-0.05, 0) is 31.0 Å². The SMILES string of the molecule is CCCCC(N)C(=O)N(C)Cc1ccc(OCC)cc1. The lowest BCUT2D eigenvalue weighted by atomic mass is 10.1. The Morgan fingerprint density at radius 3 is 2.50 bits per heavy atom. The Bertz CT molecular complexity index is 403. The van der Waals surface area contributed by atoms with Gasteiger partial charge in [0.2, 0.25) is 5.91 Å². The molecule has 0 aliphatic carbocycles. The first-order chi connectivity index (χ1) is 9.58. The van der Waals surface area contributed by atoms with E-state index >= 15 is 0 Å². The highest BCUT2D eigenvalue weighted by atomic mass is 16.5. The molecule has 0 spiro atoms. The number of unbranched alkanes of at least 4 members (excludes halogenated alkanes) is 1. The zero-order valence-electron chi connectivity index (χ0n) is 12.8. The van der Waals surface area contributed by atoms with E-state index in [4.69, 9.17) is 10.5 Å². The molecule has 1 atom stereocenters. The number of carbonyl (C=O) groups is 1. The second-order valence-electron chi connectivity index (χ2n) is 5.02. The lowest BCUT2D eigenvalue weighted by molar-refractivity contribution is -0.132. The molecule has 1 aromatic carbocycles. The van der Waals surface area contributed by atoms with Crippen LogP contribution in [0.5, 0.6) is 5.75 Å².